The van der Waals surface area contributed by atoms with Crippen LogP contribution < -0.4 is 5.73 Å². The van der Waals surface area contributed by atoms with Gasteiger partial charge in [-0.2, -0.15) is 0 Å². The van der Waals surface area contributed by atoms with Gasteiger partial charge < -0.3 is 15.0 Å². The van der Waals surface area contributed by atoms with Crippen LogP contribution in [-0.2, 0) is 11.3 Å². The van der Waals surface area contributed by atoms with Gasteiger partial charge in [0, 0.05) is 12.1 Å². The molecule has 6 heteroatoms. The van der Waals surface area contributed by atoms with Gasteiger partial charge >= 0.3 is 6.09 Å². The van der Waals surface area contributed by atoms with Crippen LogP contribution in [0.5, 0.6) is 0 Å². The maximum Gasteiger partial charge on any atom is 0.410 e. The van der Waals surface area contributed by atoms with Crippen LogP contribution in [0, 0.1) is 0 Å². The number of anilines is 1. The highest BCUT2D eigenvalue weighted by atomic mass is 16.6. The van der Waals surface area contributed by atoms with E-state index in [0.717, 1.165) is 0 Å². The van der Waals surface area contributed by atoms with Crippen LogP contribution in [0.2, 0.25) is 0 Å². The van der Waals surface area contributed by atoms with E-state index in [9.17, 15) is 4.79 Å². The topological polar surface area (TPSA) is 81.6 Å². The van der Waals surface area contributed by atoms with E-state index >= 15 is 0 Å². The molecule has 0 radical (unpaired) electrons. The molecule has 0 aromatic carbocycles. The fraction of sp³-hybridized carbons (Fsp3) is 0.667. The summed E-state index contributed by atoms with van der Waals surface area (Å²) in [6, 6.07) is 1.59. The number of nitrogens with zero attached hydrogens (tertiary/aromatic N) is 2. The molecule has 2 N–H and O–H groups in total. The Labute approximate surface area is 107 Å². The van der Waals surface area contributed by atoms with Crippen molar-refractivity contribution in [2.75, 3.05) is 5.73 Å². The zero-order valence-electron chi connectivity index (χ0n) is 11.6. The third-order valence-corrected chi connectivity index (χ3v) is 2.15. The molecule has 0 aliphatic carbocycles. The van der Waals surface area contributed by atoms with Gasteiger partial charge in [-0.1, -0.05) is 5.16 Å². The van der Waals surface area contributed by atoms with Gasteiger partial charge in [-0.25, -0.2) is 4.79 Å². The lowest BCUT2D eigenvalue weighted by molar-refractivity contribution is 0.0154. The number of hydrogen-bond acceptors (Lipinski definition) is 5. The van der Waals surface area contributed by atoms with E-state index < -0.39 is 5.60 Å². The smallest absolute Gasteiger partial charge is 0.410 e. The number of carbonyl (C=O) groups is 1. The maximum absolute atomic E-state index is 12.0. The summed E-state index contributed by atoms with van der Waals surface area (Å²) in [5, 5.41) is 3.59. The Bertz CT molecular complexity index is 407. The zero-order chi connectivity index (χ0) is 13.9. The van der Waals surface area contributed by atoms with Gasteiger partial charge in [0.2, 0.25) is 0 Å². The Morgan fingerprint density at radius 2 is 2.17 bits per heavy atom. The molecular formula is C12H21N3O3. The molecule has 0 aliphatic rings. The number of amides is 1. The molecule has 1 amide bonds. The van der Waals surface area contributed by atoms with Crippen molar-refractivity contribution in [1.29, 1.82) is 0 Å². The largest absolute Gasteiger partial charge is 0.444 e. The van der Waals surface area contributed by atoms with Crippen molar-refractivity contribution in [3.05, 3.63) is 11.8 Å². The summed E-state index contributed by atoms with van der Waals surface area (Å²) < 4.78 is 10.3. The van der Waals surface area contributed by atoms with E-state index in [-0.39, 0.29) is 18.7 Å². The van der Waals surface area contributed by atoms with Crippen molar-refractivity contribution in [3.8, 4) is 0 Å². The third kappa shape index (κ3) is 4.27. The molecule has 102 valence electrons. The number of carbonyl (C=O) groups excluding carboxylic acids is 1. The highest BCUT2D eigenvalue weighted by molar-refractivity contribution is 5.68. The minimum Gasteiger partial charge on any atom is -0.444 e. The first-order chi connectivity index (χ1) is 8.19. The standard InChI is InChI=1S/C12H21N3O3/c1-8(2)15(11(16)17-12(3,4)5)7-9-6-10(13)14-18-9/h6,8H,7H2,1-5H3,(H2,13,14). The average Bonchev–Trinajstić information content (AvgIpc) is 2.57. The molecule has 6 nitrogen and oxygen atoms in total. The Kier molecular flexibility index (Phi) is 4.21. The summed E-state index contributed by atoms with van der Waals surface area (Å²) in [6.45, 7) is 9.59. The first-order valence-corrected chi connectivity index (χ1v) is 5.89. The molecule has 0 fully saturated rings. The first kappa shape index (κ1) is 14.3. The number of rotatable bonds is 3. The Morgan fingerprint density at radius 1 is 1.56 bits per heavy atom. The van der Waals surface area contributed by atoms with Gasteiger partial charge in [-0.3, -0.25) is 4.90 Å². The number of ether oxygens (including phenoxy) is 1. The highest BCUT2D eigenvalue weighted by Crippen LogP contribution is 2.16. The molecule has 18 heavy (non-hydrogen) atoms. The van der Waals surface area contributed by atoms with Crippen molar-refractivity contribution >= 4 is 11.9 Å². The summed E-state index contributed by atoms with van der Waals surface area (Å²) in [5.74, 6) is 0.838. The second kappa shape index (κ2) is 5.29. The van der Waals surface area contributed by atoms with Crippen molar-refractivity contribution in [1.82, 2.24) is 10.1 Å². The number of hydrogen-bond donors (Lipinski definition) is 1. The molecule has 1 rings (SSSR count). The molecular weight excluding hydrogens is 234 g/mol. The van der Waals surface area contributed by atoms with E-state index in [4.69, 9.17) is 15.0 Å². The van der Waals surface area contributed by atoms with Crippen molar-refractivity contribution in [2.45, 2.75) is 52.8 Å². The number of nitrogen functional groups attached to an aromatic ring is 1. The summed E-state index contributed by atoms with van der Waals surface area (Å²) in [7, 11) is 0. The Balaban J connectivity index is 2.74. The van der Waals surface area contributed by atoms with Gasteiger partial charge in [0.15, 0.2) is 11.6 Å². The van der Waals surface area contributed by atoms with Crippen LogP contribution in [0.1, 0.15) is 40.4 Å². The average molecular weight is 255 g/mol. The van der Waals surface area contributed by atoms with Crippen LogP contribution in [-0.4, -0.2) is 27.8 Å². The Morgan fingerprint density at radius 3 is 2.56 bits per heavy atom. The SMILES string of the molecule is CC(C)N(Cc1cc(N)no1)C(=O)OC(C)(C)C. The van der Waals surface area contributed by atoms with Crippen LogP contribution in [0.15, 0.2) is 10.6 Å². The van der Waals surface area contributed by atoms with E-state index in [1.807, 2.05) is 34.6 Å². The van der Waals surface area contributed by atoms with Crippen LogP contribution in [0.25, 0.3) is 0 Å². The fourth-order valence-electron chi connectivity index (χ4n) is 1.35. The molecule has 0 spiro atoms. The van der Waals surface area contributed by atoms with Gasteiger partial charge in [0.25, 0.3) is 0 Å². The first-order valence-electron chi connectivity index (χ1n) is 5.89. The quantitative estimate of drug-likeness (QED) is 0.896. The molecule has 0 saturated carbocycles. The lowest BCUT2D eigenvalue weighted by Gasteiger charge is -2.29. The van der Waals surface area contributed by atoms with Gasteiger partial charge in [-0.05, 0) is 34.6 Å². The van der Waals surface area contributed by atoms with Crippen molar-refractivity contribution < 1.29 is 14.1 Å². The lowest BCUT2D eigenvalue weighted by atomic mass is 10.2. The van der Waals surface area contributed by atoms with Gasteiger partial charge in [0.1, 0.15) is 5.60 Å². The minimum absolute atomic E-state index is 0.00817. The molecule has 0 unspecified atom stereocenters. The van der Waals surface area contributed by atoms with E-state index in [0.29, 0.717) is 11.6 Å². The van der Waals surface area contributed by atoms with Gasteiger partial charge in [0.05, 0.1) is 6.54 Å². The summed E-state index contributed by atoms with van der Waals surface area (Å²) in [5.41, 5.74) is 4.95. The van der Waals surface area contributed by atoms with Crippen molar-refractivity contribution in [2.24, 2.45) is 0 Å². The second-order valence-electron chi connectivity index (χ2n) is 5.42. The molecule has 0 saturated heterocycles. The van der Waals surface area contributed by atoms with Crippen molar-refractivity contribution in [3.63, 3.8) is 0 Å². The van der Waals surface area contributed by atoms with E-state index in [2.05, 4.69) is 5.16 Å². The van der Waals surface area contributed by atoms with E-state index in [1.54, 1.807) is 11.0 Å². The predicted molar refractivity (Wildman–Crippen MR) is 67.8 cm³/mol. The maximum atomic E-state index is 12.0. The predicted octanol–water partition coefficient (Wildman–Crippen LogP) is 2.40. The summed E-state index contributed by atoms with van der Waals surface area (Å²) in [6.07, 6.45) is -0.382. The molecule has 1 heterocycles. The molecule has 1 aromatic heterocycles. The minimum atomic E-state index is -0.523. The second-order valence-corrected chi connectivity index (χ2v) is 5.42. The van der Waals surface area contributed by atoms with Crippen LogP contribution >= 0.6 is 0 Å². The van der Waals surface area contributed by atoms with Gasteiger partial charge in [-0.15, -0.1) is 0 Å². The fourth-order valence-corrected chi connectivity index (χ4v) is 1.35. The van der Waals surface area contributed by atoms with Crippen LogP contribution in [0.3, 0.4) is 0 Å². The molecule has 0 aliphatic heterocycles. The molecule has 0 bridgehead atoms. The number of nitrogens with two attached hydrogens (primary N) is 1. The Hall–Kier alpha value is -1.72. The normalized spacial score (nSPS) is 11.7. The monoisotopic (exact) mass is 255 g/mol. The lowest BCUT2D eigenvalue weighted by Crippen LogP contribution is -2.40. The van der Waals surface area contributed by atoms with Crippen LogP contribution in [0.4, 0.5) is 10.6 Å². The molecule has 0 atom stereocenters. The van der Waals surface area contributed by atoms with E-state index in [1.165, 1.54) is 0 Å². The zero-order valence-corrected chi connectivity index (χ0v) is 11.6. The highest BCUT2D eigenvalue weighted by Gasteiger charge is 2.25. The summed E-state index contributed by atoms with van der Waals surface area (Å²) >= 11 is 0. The third-order valence-electron chi connectivity index (χ3n) is 2.15. The number of aromatic nitrogens is 1. The molecule has 1 aromatic rings. The summed E-state index contributed by atoms with van der Waals surface area (Å²) in [4.78, 5) is 13.6.